The van der Waals surface area contributed by atoms with Gasteiger partial charge in [-0.3, -0.25) is 0 Å². The van der Waals surface area contributed by atoms with Crippen molar-refractivity contribution in [3.05, 3.63) is 34.3 Å². The molecule has 0 saturated carbocycles. The second-order valence-corrected chi connectivity index (χ2v) is 3.92. The van der Waals surface area contributed by atoms with Crippen molar-refractivity contribution in [2.45, 2.75) is 39.2 Å². The summed E-state index contributed by atoms with van der Waals surface area (Å²) in [5.74, 6) is 0. The van der Waals surface area contributed by atoms with E-state index in [4.69, 9.17) is 11.6 Å². The fraction of sp³-hybridized carbons (Fsp3) is 0.500. The molecule has 0 fully saturated rings. The fourth-order valence-corrected chi connectivity index (χ4v) is 1.74. The van der Waals surface area contributed by atoms with Gasteiger partial charge >= 0.3 is 0 Å². The number of benzene rings is 1. The van der Waals surface area contributed by atoms with Crippen LogP contribution in [-0.2, 0) is 6.42 Å². The normalized spacial score (nSPS) is 12.9. The van der Waals surface area contributed by atoms with Crippen molar-refractivity contribution in [2.75, 3.05) is 0 Å². The van der Waals surface area contributed by atoms with Crippen LogP contribution in [0.2, 0.25) is 5.02 Å². The van der Waals surface area contributed by atoms with Gasteiger partial charge in [-0.1, -0.05) is 44.0 Å². The Labute approximate surface area is 90.7 Å². The number of aryl methyl sites for hydroxylation is 1. The van der Waals surface area contributed by atoms with Crippen LogP contribution in [0, 0.1) is 0 Å². The number of aliphatic hydroxyl groups excluding tert-OH is 1. The van der Waals surface area contributed by atoms with Gasteiger partial charge in [0, 0.05) is 5.02 Å². The second kappa shape index (κ2) is 5.38. The summed E-state index contributed by atoms with van der Waals surface area (Å²) in [7, 11) is 0. The van der Waals surface area contributed by atoms with Gasteiger partial charge < -0.3 is 5.11 Å². The Morgan fingerprint density at radius 1 is 1.36 bits per heavy atom. The summed E-state index contributed by atoms with van der Waals surface area (Å²) >= 11 is 6.02. The van der Waals surface area contributed by atoms with Crippen LogP contribution in [0.3, 0.4) is 0 Å². The molecule has 2 heteroatoms. The Morgan fingerprint density at radius 3 is 2.64 bits per heavy atom. The van der Waals surface area contributed by atoms with Crippen molar-refractivity contribution >= 4 is 11.6 Å². The minimum atomic E-state index is -0.418. The molecule has 78 valence electrons. The minimum absolute atomic E-state index is 0.418. The van der Waals surface area contributed by atoms with Gasteiger partial charge in [-0.15, -0.1) is 0 Å². The highest BCUT2D eigenvalue weighted by molar-refractivity contribution is 6.31. The first-order chi connectivity index (χ1) is 6.69. The SMILES string of the molecule is CCCC(O)c1cc(CC)ccc1Cl. The van der Waals surface area contributed by atoms with Gasteiger partial charge in [0.2, 0.25) is 0 Å². The predicted molar refractivity (Wildman–Crippen MR) is 60.7 cm³/mol. The molecule has 0 aliphatic heterocycles. The van der Waals surface area contributed by atoms with Gasteiger partial charge in [0.1, 0.15) is 0 Å². The van der Waals surface area contributed by atoms with Gasteiger partial charge in [0.15, 0.2) is 0 Å². The summed E-state index contributed by atoms with van der Waals surface area (Å²) in [4.78, 5) is 0. The molecule has 1 atom stereocenters. The number of halogens is 1. The molecule has 0 aliphatic carbocycles. The Morgan fingerprint density at radius 2 is 2.07 bits per heavy atom. The van der Waals surface area contributed by atoms with Crippen molar-refractivity contribution in [3.63, 3.8) is 0 Å². The number of hydrogen-bond donors (Lipinski definition) is 1. The zero-order valence-corrected chi connectivity index (χ0v) is 9.51. The Kier molecular flexibility index (Phi) is 4.43. The van der Waals surface area contributed by atoms with Crippen LogP contribution < -0.4 is 0 Å². The maximum Gasteiger partial charge on any atom is 0.0804 e. The monoisotopic (exact) mass is 212 g/mol. The average molecular weight is 213 g/mol. The molecular formula is C12H17ClO. The van der Waals surface area contributed by atoms with Crippen LogP contribution in [0.15, 0.2) is 18.2 Å². The highest BCUT2D eigenvalue weighted by atomic mass is 35.5. The zero-order chi connectivity index (χ0) is 10.6. The number of rotatable bonds is 4. The van der Waals surface area contributed by atoms with E-state index in [2.05, 4.69) is 13.8 Å². The molecule has 0 radical (unpaired) electrons. The van der Waals surface area contributed by atoms with Gasteiger partial charge in [-0.05, 0) is 30.0 Å². The first-order valence-corrected chi connectivity index (χ1v) is 5.53. The lowest BCUT2D eigenvalue weighted by molar-refractivity contribution is 0.166. The summed E-state index contributed by atoms with van der Waals surface area (Å²) in [5, 5.41) is 10.5. The molecule has 0 heterocycles. The molecule has 0 aliphatic rings. The summed E-state index contributed by atoms with van der Waals surface area (Å²) in [6.45, 7) is 4.15. The average Bonchev–Trinajstić information content (AvgIpc) is 2.19. The summed E-state index contributed by atoms with van der Waals surface area (Å²) in [6.07, 6.45) is 2.29. The fourth-order valence-electron chi connectivity index (χ4n) is 1.50. The van der Waals surface area contributed by atoms with Crippen LogP contribution in [-0.4, -0.2) is 5.11 Å². The van der Waals surface area contributed by atoms with E-state index in [-0.39, 0.29) is 0 Å². The van der Waals surface area contributed by atoms with Crippen molar-refractivity contribution in [2.24, 2.45) is 0 Å². The van der Waals surface area contributed by atoms with E-state index in [9.17, 15) is 5.11 Å². The molecule has 0 spiro atoms. The van der Waals surface area contributed by atoms with Gasteiger partial charge in [0.05, 0.1) is 6.10 Å². The molecule has 0 aromatic heterocycles. The van der Waals surface area contributed by atoms with Crippen LogP contribution in [0.4, 0.5) is 0 Å². The lowest BCUT2D eigenvalue weighted by atomic mass is 10.0. The summed E-state index contributed by atoms with van der Waals surface area (Å²) in [5.41, 5.74) is 2.09. The topological polar surface area (TPSA) is 20.2 Å². The van der Waals surface area contributed by atoms with Crippen LogP contribution in [0.5, 0.6) is 0 Å². The Balaban J connectivity index is 2.93. The van der Waals surface area contributed by atoms with E-state index in [0.717, 1.165) is 24.8 Å². The maximum atomic E-state index is 9.84. The second-order valence-electron chi connectivity index (χ2n) is 3.51. The number of hydrogen-bond acceptors (Lipinski definition) is 1. The molecule has 14 heavy (non-hydrogen) atoms. The first kappa shape index (κ1) is 11.5. The van der Waals surface area contributed by atoms with Crippen molar-refractivity contribution in [3.8, 4) is 0 Å². The van der Waals surface area contributed by atoms with E-state index in [1.165, 1.54) is 5.56 Å². The largest absolute Gasteiger partial charge is 0.388 e. The van der Waals surface area contributed by atoms with E-state index in [0.29, 0.717) is 5.02 Å². The molecule has 1 rings (SSSR count). The molecule has 1 unspecified atom stereocenters. The highest BCUT2D eigenvalue weighted by Gasteiger charge is 2.10. The van der Waals surface area contributed by atoms with Gasteiger partial charge in [0.25, 0.3) is 0 Å². The van der Waals surface area contributed by atoms with Crippen molar-refractivity contribution in [1.29, 1.82) is 0 Å². The highest BCUT2D eigenvalue weighted by Crippen LogP contribution is 2.27. The lowest BCUT2D eigenvalue weighted by Crippen LogP contribution is -1.98. The van der Waals surface area contributed by atoms with E-state index >= 15 is 0 Å². The molecule has 1 N–H and O–H groups in total. The van der Waals surface area contributed by atoms with Crippen LogP contribution in [0.1, 0.15) is 43.9 Å². The van der Waals surface area contributed by atoms with E-state index in [1.807, 2.05) is 18.2 Å². The van der Waals surface area contributed by atoms with E-state index in [1.54, 1.807) is 0 Å². The van der Waals surface area contributed by atoms with Crippen molar-refractivity contribution in [1.82, 2.24) is 0 Å². The third-order valence-corrected chi connectivity index (χ3v) is 2.73. The van der Waals surface area contributed by atoms with Gasteiger partial charge in [-0.2, -0.15) is 0 Å². The Bertz CT molecular complexity index is 296. The van der Waals surface area contributed by atoms with Crippen LogP contribution >= 0.6 is 11.6 Å². The molecule has 1 aromatic rings. The third-order valence-electron chi connectivity index (χ3n) is 2.39. The van der Waals surface area contributed by atoms with E-state index < -0.39 is 6.10 Å². The summed E-state index contributed by atoms with van der Waals surface area (Å²) < 4.78 is 0. The third kappa shape index (κ3) is 2.73. The molecule has 0 amide bonds. The molecule has 0 saturated heterocycles. The molecular weight excluding hydrogens is 196 g/mol. The summed E-state index contributed by atoms with van der Waals surface area (Å²) in [6, 6.07) is 5.88. The molecule has 0 bridgehead atoms. The Hall–Kier alpha value is -0.530. The standard InChI is InChI=1S/C12H17ClO/c1-3-5-12(14)10-8-9(4-2)6-7-11(10)13/h6-8,12,14H,3-5H2,1-2H3. The zero-order valence-electron chi connectivity index (χ0n) is 8.76. The van der Waals surface area contributed by atoms with Crippen LogP contribution in [0.25, 0.3) is 0 Å². The predicted octanol–water partition coefficient (Wildman–Crippen LogP) is 3.74. The molecule has 1 aromatic carbocycles. The smallest absolute Gasteiger partial charge is 0.0804 e. The maximum absolute atomic E-state index is 9.84. The number of aliphatic hydroxyl groups is 1. The minimum Gasteiger partial charge on any atom is -0.388 e. The molecule has 1 nitrogen and oxygen atoms in total. The van der Waals surface area contributed by atoms with Gasteiger partial charge in [-0.25, -0.2) is 0 Å². The lowest BCUT2D eigenvalue weighted by Gasteiger charge is -2.12. The quantitative estimate of drug-likeness (QED) is 0.806. The van der Waals surface area contributed by atoms with Crippen molar-refractivity contribution < 1.29 is 5.11 Å². The first-order valence-electron chi connectivity index (χ1n) is 5.15.